The van der Waals surface area contributed by atoms with Gasteiger partial charge in [-0.05, 0) is 24.3 Å². The molecule has 3 nitrogen and oxygen atoms in total. The van der Waals surface area contributed by atoms with Gasteiger partial charge in [-0.25, -0.2) is 0 Å². The highest BCUT2D eigenvalue weighted by molar-refractivity contribution is 7.91. The zero-order valence-corrected chi connectivity index (χ0v) is 9.66. The minimum atomic E-state index is -1.31. The van der Waals surface area contributed by atoms with E-state index < -0.39 is 11.2 Å². The summed E-state index contributed by atoms with van der Waals surface area (Å²) < 4.78 is 12.4. The van der Waals surface area contributed by atoms with Crippen LogP contribution in [-0.2, 0) is 11.2 Å². The molecule has 2 aromatic carbocycles. The molecular formula is C13H9NO2S. The molecule has 0 spiro atoms. The Morgan fingerprint density at radius 1 is 0.941 bits per heavy atom. The standard InChI is InChI=1S/C13H9NO2S/c15-13-9-5-1-3-7-11(9)17(16)12-8-4-2-6-10(12)14-13/h1-8H,(H,14,15). The number of rotatable bonds is 0. The van der Waals surface area contributed by atoms with E-state index in [4.69, 9.17) is 0 Å². The second-order valence-electron chi connectivity index (χ2n) is 3.72. The van der Waals surface area contributed by atoms with Crippen molar-refractivity contribution in [2.24, 2.45) is 0 Å². The van der Waals surface area contributed by atoms with Crippen molar-refractivity contribution in [1.82, 2.24) is 0 Å². The Bertz CT molecular complexity index is 597. The van der Waals surface area contributed by atoms with Gasteiger partial charge in [0.25, 0.3) is 5.91 Å². The molecule has 1 amide bonds. The van der Waals surface area contributed by atoms with Crippen molar-refractivity contribution in [3.63, 3.8) is 0 Å². The van der Waals surface area contributed by atoms with Gasteiger partial charge >= 0.3 is 0 Å². The highest BCUT2D eigenvalue weighted by atomic mass is 32.2. The van der Waals surface area contributed by atoms with Crippen LogP contribution in [0.4, 0.5) is 5.69 Å². The summed E-state index contributed by atoms with van der Waals surface area (Å²) in [5.41, 5.74) is 1.09. The molecule has 17 heavy (non-hydrogen) atoms. The van der Waals surface area contributed by atoms with Crippen LogP contribution >= 0.6 is 0 Å². The number of anilines is 1. The van der Waals surface area contributed by atoms with Crippen LogP contribution in [0, 0.1) is 0 Å². The summed E-state index contributed by atoms with van der Waals surface area (Å²) >= 11 is -1.31. The maximum atomic E-state index is 12.4. The molecule has 0 saturated carbocycles. The molecule has 1 N–H and O–H groups in total. The van der Waals surface area contributed by atoms with Gasteiger partial charge in [0.15, 0.2) is 9.79 Å². The minimum absolute atomic E-state index is 0.209. The first-order valence-electron chi connectivity index (χ1n) is 5.18. The highest BCUT2D eigenvalue weighted by Gasteiger charge is 2.29. The van der Waals surface area contributed by atoms with Gasteiger partial charge in [-0.2, -0.15) is 0 Å². The van der Waals surface area contributed by atoms with Crippen molar-refractivity contribution < 1.29 is 9.35 Å². The summed E-state index contributed by atoms with van der Waals surface area (Å²) in [6, 6.07) is 14.1. The van der Waals surface area contributed by atoms with Gasteiger partial charge in [0.2, 0.25) is 0 Å². The lowest BCUT2D eigenvalue weighted by molar-refractivity contribution is 0.102. The SMILES string of the molecule is O=C1Nc2ccccc2[S+]([O-])c2ccccc21. The normalized spacial score (nSPS) is 17.7. The van der Waals surface area contributed by atoms with E-state index in [0.717, 1.165) is 0 Å². The van der Waals surface area contributed by atoms with Crippen LogP contribution in [0.25, 0.3) is 0 Å². The Morgan fingerprint density at radius 2 is 1.59 bits per heavy atom. The molecular weight excluding hydrogens is 234 g/mol. The molecule has 84 valence electrons. The van der Waals surface area contributed by atoms with Crippen molar-refractivity contribution in [3.8, 4) is 0 Å². The van der Waals surface area contributed by atoms with Crippen LogP contribution in [0.2, 0.25) is 0 Å². The van der Waals surface area contributed by atoms with Crippen molar-refractivity contribution >= 4 is 22.8 Å². The average Bonchev–Trinajstić information content (AvgIpc) is 2.48. The van der Waals surface area contributed by atoms with Crippen LogP contribution in [0.15, 0.2) is 58.3 Å². The molecule has 1 unspecified atom stereocenters. The largest absolute Gasteiger partial charge is 0.606 e. The van der Waals surface area contributed by atoms with Crippen molar-refractivity contribution in [2.75, 3.05) is 5.32 Å². The lowest BCUT2D eigenvalue weighted by Crippen LogP contribution is -2.11. The maximum absolute atomic E-state index is 12.4. The Kier molecular flexibility index (Phi) is 2.39. The zero-order chi connectivity index (χ0) is 11.8. The molecule has 1 heterocycles. The van der Waals surface area contributed by atoms with E-state index in [-0.39, 0.29) is 5.91 Å². The highest BCUT2D eigenvalue weighted by Crippen LogP contribution is 2.32. The zero-order valence-electron chi connectivity index (χ0n) is 8.84. The fraction of sp³-hybridized carbons (Fsp3) is 0. The predicted molar refractivity (Wildman–Crippen MR) is 65.5 cm³/mol. The first kappa shape index (κ1) is 10.4. The fourth-order valence-electron chi connectivity index (χ4n) is 1.86. The number of amides is 1. The van der Waals surface area contributed by atoms with E-state index in [9.17, 15) is 9.35 Å². The van der Waals surface area contributed by atoms with Crippen molar-refractivity contribution in [3.05, 3.63) is 54.1 Å². The molecule has 0 bridgehead atoms. The molecule has 0 aromatic heterocycles. The number of benzene rings is 2. The summed E-state index contributed by atoms with van der Waals surface area (Å²) in [5, 5.41) is 2.78. The van der Waals surface area contributed by atoms with E-state index in [0.29, 0.717) is 21.0 Å². The van der Waals surface area contributed by atoms with Gasteiger partial charge in [0.05, 0.1) is 11.3 Å². The second kappa shape index (κ2) is 3.91. The second-order valence-corrected chi connectivity index (χ2v) is 5.13. The third-order valence-corrected chi connectivity index (χ3v) is 4.18. The molecule has 1 aliphatic heterocycles. The van der Waals surface area contributed by atoms with Gasteiger partial charge in [0.1, 0.15) is 0 Å². The Hall–Kier alpha value is -1.78. The third-order valence-electron chi connectivity index (χ3n) is 2.67. The minimum Gasteiger partial charge on any atom is -0.606 e. The van der Waals surface area contributed by atoms with Crippen LogP contribution in [0.3, 0.4) is 0 Å². The molecule has 2 aromatic rings. The van der Waals surface area contributed by atoms with Gasteiger partial charge in [0, 0.05) is 11.2 Å². The Morgan fingerprint density at radius 3 is 2.41 bits per heavy atom. The lowest BCUT2D eigenvalue weighted by Gasteiger charge is -2.10. The maximum Gasteiger partial charge on any atom is 0.260 e. The molecule has 1 aliphatic rings. The molecule has 0 radical (unpaired) electrons. The number of fused-ring (bicyclic) bond motifs is 2. The fourth-order valence-corrected chi connectivity index (χ4v) is 3.18. The van der Waals surface area contributed by atoms with Gasteiger partial charge < -0.3 is 9.87 Å². The molecule has 3 rings (SSSR count). The van der Waals surface area contributed by atoms with Crippen molar-refractivity contribution in [2.45, 2.75) is 9.79 Å². The van der Waals surface area contributed by atoms with Gasteiger partial charge in [-0.1, -0.05) is 24.3 Å². The van der Waals surface area contributed by atoms with E-state index >= 15 is 0 Å². The molecule has 0 aliphatic carbocycles. The molecule has 1 atom stereocenters. The quantitative estimate of drug-likeness (QED) is 0.722. The number of hydrogen-bond acceptors (Lipinski definition) is 2. The molecule has 0 saturated heterocycles. The molecule has 4 heteroatoms. The lowest BCUT2D eigenvalue weighted by atomic mass is 10.2. The van der Waals surface area contributed by atoms with Gasteiger partial charge in [-0.3, -0.25) is 4.79 Å². The number of para-hydroxylation sites is 1. The summed E-state index contributed by atoms with van der Waals surface area (Å²) in [6.07, 6.45) is 0. The topological polar surface area (TPSA) is 52.2 Å². The van der Waals surface area contributed by atoms with Crippen LogP contribution in [0.5, 0.6) is 0 Å². The van der Waals surface area contributed by atoms with E-state index in [1.807, 2.05) is 12.1 Å². The van der Waals surface area contributed by atoms with Crippen LogP contribution in [0.1, 0.15) is 10.4 Å². The summed E-state index contributed by atoms with van der Waals surface area (Å²) in [6.45, 7) is 0. The number of hydrogen-bond donors (Lipinski definition) is 1. The Balaban J connectivity index is 2.26. The monoisotopic (exact) mass is 243 g/mol. The smallest absolute Gasteiger partial charge is 0.260 e. The first-order chi connectivity index (χ1) is 8.27. The summed E-state index contributed by atoms with van der Waals surface area (Å²) in [4.78, 5) is 13.2. The van der Waals surface area contributed by atoms with Crippen LogP contribution in [-0.4, -0.2) is 10.5 Å². The number of carbonyl (C=O) groups excluding carboxylic acids is 1. The van der Waals surface area contributed by atoms with Crippen LogP contribution < -0.4 is 5.32 Å². The number of carbonyl (C=O) groups is 1. The Labute approximate surface area is 102 Å². The first-order valence-corrected chi connectivity index (χ1v) is 6.33. The third kappa shape index (κ3) is 1.62. The average molecular weight is 243 g/mol. The summed E-state index contributed by atoms with van der Waals surface area (Å²) in [7, 11) is 0. The van der Waals surface area contributed by atoms with Gasteiger partial charge in [-0.15, -0.1) is 0 Å². The van der Waals surface area contributed by atoms with E-state index in [1.54, 1.807) is 36.4 Å². The predicted octanol–water partition coefficient (Wildman–Crippen LogP) is 2.42. The number of nitrogens with one attached hydrogen (secondary N) is 1. The van der Waals surface area contributed by atoms with Crippen molar-refractivity contribution in [1.29, 1.82) is 0 Å². The summed E-state index contributed by atoms with van der Waals surface area (Å²) in [5.74, 6) is -0.209. The van der Waals surface area contributed by atoms with E-state index in [2.05, 4.69) is 5.32 Å². The molecule has 0 fully saturated rings. The van der Waals surface area contributed by atoms with E-state index in [1.165, 1.54) is 0 Å².